The van der Waals surface area contributed by atoms with Crippen LogP contribution in [0.4, 0.5) is 0 Å². The number of benzene rings is 2. The van der Waals surface area contributed by atoms with E-state index in [1.807, 2.05) is 63.2 Å². The van der Waals surface area contributed by atoms with E-state index in [-0.39, 0.29) is 11.3 Å². The Morgan fingerprint density at radius 1 is 1.11 bits per heavy atom. The average Bonchev–Trinajstić information content (AvgIpc) is 2.65. The molecule has 1 amide bonds. The van der Waals surface area contributed by atoms with Crippen LogP contribution < -0.4 is 15.4 Å². The van der Waals surface area contributed by atoms with E-state index in [0.717, 1.165) is 16.9 Å². The van der Waals surface area contributed by atoms with Crippen LogP contribution >= 0.6 is 0 Å². The third-order valence-corrected chi connectivity index (χ3v) is 4.03. The van der Waals surface area contributed by atoms with Crippen LogP contribution in [0.5, 0.6) is 5.75 Å². The maximum atomic E-state index is 11.8. The second-order valence-electron chi connectivity index (χ2n) is 7.39. The normalized spacial score (nSPS) is 10.9. The van der Waals surface area contributed by atoms with Crippen molar-refractivity contribution >= 4 is 5.91 Å². The number of amides is 1. The molecule has 2 aromatic rings. The van der Waals surface area contributed by atoms with Gasteiger partial charge in [-0.05, 0) is 23.8 Å². The highest BCUT2D eigenvalue weighted by Crippen LogP contribution is 2.16. The summed E-state index contributed by atoms with van der Waals surface area (Å²) < 4.78 is 5.84. The molecule has 5 heteroatoms. The number of carbonyl (C=O) groups is 1. The zero-order chi connectivity index (χ0) is 19.7. The van der Waals surface area contributed by atoms with Gasteiger partial charge in [-0.2, -0.15) is 5.26 Å². The van der Waals surface area contributed by atoms with Gasteiger partial charge in [-0.25, -0.2) is 0 Å². The molecule has 0 unspecified atom stereocenters. The highest BCUT2D eigenvalue weighted by molar-refractivity contribution is 5.81. The fourth-order valence-corrected chi connectivity index (χ4v) is 2.42. The van der Waals surface area contributed by atoms with Gasteiger partial charge in [-0.3, -0.25) is 4.79 Å². The summed E-state index contributed by atoms with van der Waals surface area (Å²) in [5.74, 6) is 0.820. The van der Waals surface area contributed by atoms with Crippen molar-refractivity contribution in [3.63, 3.8) is 0 Å². The van der Waals surface area contributed by atoms with Crippen molar-refractivity contribution in [3.8, 4) is 11.8 Å². The molecule has 0 aromatic heterocycles. The highest BCUT2D eigenvalue weighted by Gasteiger charge is 2.20. The lowest BCUT2D eigenvalue weighted by Crippen LogP contribution is -2.38. The van der Waals surface area contributed by atoms with E-state index in [1.165, 1.54) is 0 Å². The molecule has 0 atom stereocenters. The lowest BCUT2D eigenvalue weighted by atomic mass is 9.96. The van der Waals surface area contributed by atoms with Gasteiger partial charge in [-0.1, -0.05) is 51.1 Å². The SMILES string of the molecule is CC(C)(C)C(=O)NCCNCc1cccc(OCc2ccccc2C#N)c1. The van der Waals surface area contributed by atoms with E-state index in [4.69, 9.17) is 10.00 Å². The summed E-state index contributed by atoms with van der Waals surface area (Å²) in [4.78, 5) is 11.8. The summed E-state index contributed by atoms with van der Waals surface area (Å²) in [5, 5.41) is 15.4. The minimum Gasteiger partial charge on any atom is -0.489 e. The van der Waals surface area contributed by atoms with Gasteiger partial charge < -0.3 is 15.4 Å². The van der Waals surface area contributed by atoms with Gasteiger partial charge in [0.25, 0.3) is 0 Å². The molecule has 0 aliphatic carbocycles. The Morgan fingerprint density at radius 2 is 1.89 bits per heavy atom. The predicted octanol–water partition coefficient (Wildman–Crippen LogP) is 3.39. The van der Waals surface area contributed by atoms with Gasteiger partial charge in [0, 0.05) is 30.6 Å². The Kier molecular flexibility index (Phi) is 7.39. The van der Waals surface area contributed by atoms with Crippen molar-refractivity contribution in [2.75, 3.05) is 13.1 Å². The topological polar surface area (TPSA) is 74.2 Å². The first-order chi connectivity index (χ1) is 12.9. The zero-order valence-electron chi connectivity index (χ0n) is 16.2. The van der Waals surface area contributed by atoms with Crippen LogP contribution in [0.3, 0.4) is 0 Å². The molecule has 0 spiro atoms. The van der Waals surface area contributed by atoms with Gasteiger partial charge in [0.05, 0.1) is 11.6 Å². The van der Waals surface area contributed by atoms with Crippen LogP contribution in [0.2, 0.25) is 0 Å². The van der Waals surface area contributed by atoms with E-state index in [2.05, 4.69) is 16.7 Å². The van der Waals surface area contributed by atoms with Crippen LogP contribution in [0.1, 0.15) is 37.5 Å². The van der Waals surface area contributed by atoms with Gasteiger partial charge in [0.15, 0.2) is 0 Å². The van der Waals surface area contributed by atoms with Gasteiger partial charge >= 0.3 is 0 Å². The van der Waals surface area contributed by atoms with E-state index < -0.39 is 0 Å². The fourth-order valence-electron chi connectivity index (χ4n) is 2.42. The summed E-state index contributed by atoms with van der Waals surface area (Å²) in [6, 6.07) is 17.5. The highest BCUT2D eigenvalue weighted by atomic mass is 16.5. The summed E-state index contributed by atoms with van der Waals surface area (Å²) in [6.07, 6.45) is 0. The third kappa shape index (κ3) is 6.76. The standard InChI is InChI=1S/C22H27N3O2/c1-22(2,3)21(26)25-12-11-24-15-17-7-6-10-20(13-17)27-16-19-9-5-4-8-18(19)14-23/h4-10,13,24H,11-12,15-16H2,1-3H3,(H,25,26). The summed E-state index contributed by atoms with van der Waals surface area (Å²) in [6.45, 7) is 8.04. The molecule has 142 valence electrons. The molecule has 0 aliphatic rings. The molecule has 0 saturated carbocycles. The molecule has 2 N–H and O–H groups in total. The maximum absolute atomic E-state index is 11.8. The Morgan fingerprint density at radius 3 is 2.63 bits per heavy atom. The first-order valence-corrected chi connectivity index (χ1v) is 9.09. The van der Waals surface area contributed by atoms with E-state index in [0.29, 0.717) is 31.8 Å². The molecule has 2 rings (SSSR count). The van der Waals surface area contributed by atoms with Crippen molar-refractivity contribution in [1.29, 1.82) is 5.26 Å². The van der Waals surface area contributed by atoms with E-state index >= 15 is 0 Å². The van der Waals surface area contributed by atoms with Crippen LogP contribution in [0.25, 0.3) is 0 Å². The van der Waals surface area contributed by atoms with E-state index in [9.17, 15) is 4.79 Å². The molecule has 5 nitrogen and oxygen atoms in total. The van der Waals surface area contributed by atoms with Gasteiger partial charge in [0.2, 0.25) is 5.91 Å². The number of nitrogens with one attached hydrogen (secondary N) is 2. The number of hydrogen-bond acceptors (Lipinski definition) is 4. The molecule has 2 aromatic carbocycles. The molecule has 0 fully saturated rings. The number of nitriles is 1. The minimum absolute atomic E-state index is 0.0531. The lowest BCUT2D eigenvalue weighted by molar-refractivity contribution is -0.128. The fraction of sp³-hybridized carbons (Fsp3) is 0.364. The Hall–Kier alpha value is -2.84. The second-order valence-corrected chi connectivity index (χ2v) is 7.39. The molecule has 0 radical (unpaired) electrons. The average molecular weight is 365 g/mol. The van der Waals surface area contributed by atoms with Crippen LogP contribution in [-0.2, 0) is 17.9 Å². The summed E-state index contributed by atoms with van der Waals surface area (Å²) >= 11 is 0. The van der Waals surface area contributed by atoms with Crippen molar-refractivity contribution in [1.82, 2.24) is 10.6 Å². The third-order valence-electron chi connectivity index (χ3n) is 4.03. The molecule has 0 bridgehead atoms. The summed E-state index contributed by atoms with van der Waals surface area (Å²) in [5.41, 5.74) is 2.24. The van der Waals surface area contributed by atoms with E-state index in [1.54, 1.807) is 6.07 Å². The quantitative estimate of drug-likeness (QED) is 0.703. The minimum atomic E-state index is -0.365. The van der Waals surface area contributed by atoms with Crippen molar-refractivity contribution in [2.24, 2.45) is 5.41 Å². The first-order valence-electron chi connectivity index (χ1n) is 9.09. The molecular formula is C22H27N3O2. The van der Waals surface area contributed by atoms with Crippen molar-refractivity contribution < 1.29 is 9.53 Å². The second kappa shape index (κ2) is 9.75. The smallest absolute Gasteiger partial charge is 0.225 e. The van der Waals surface area contributed by atoms with Gasteiger partial charge in [-0.15, -0.1) is 0 Å². The molecular weight excluding hydrogens is 338 g/mol. The molecule has 0 aliphatic heterocycles. The largest absolute Gasteiger partial charge is 0.489 e. The Bertz CT molecular complexity index is 804. The predicted molar refractivity (Wildman–Crippen MR) is 106 cm³/mol. The molecule has 0 saturated heterocycles. The monoisotopic (exact) mass is 365 g/mol. The Balaban J connectivity index is 1.78. The summed E-state index contributed by atoms with van der Waals surface area (Å²) in [7, 11) is 0. The molecule has 27 heavy (non-hydrogen) atoms. The first kappa shape index (κ1) is 20.5. The number of ether oxygens (including phenoxy) is 1. The number of carbonyl (C=O) groups excluding carboxylic acids is 1. The maximum Gasteiger partial charge on any atom is 0.225 e. The number of rotatable bonds is 8. The zero-order valence-corrected chi connectivity index (χ0v) is 16.2. The van der Waals surface area contributed by atoms with Gasteiger partial charge in [0.1, 0.15) is 12.4 Å². The number of hydrogen-bond donors (Lipinski definition) is 2. The van der Waals surface area contributed by atoms with Crippen LogP contribution in [0, 0.1) is 16.7 Å². The molecule has 0 heterocycles. The van der Waals surface area contributed by atoms with Crippen molar-refractivity contribution in [2.45, 2.75) is 33.9 Å². The Labute approximate surface area is 161 Å². The van der Waals surface area contributed by atoms with Crippen LogP contribution in [-0.4, -0.2) is 19.0 Å². The van der Waals surface area contributed by atoms with Crippen LogP contribution in [0.15, 0.2) is 48.5 Å². The lowest BCUT2D eigenvalue weighted by Gasteiger charge is -2.17. The van der Waals surface area contributed by atoms with Crippen molar-refractivity contribution in [3.05, 3.63) is 65.2 Å². The number of nitrogens with zero attached hydrogens (tertiary/aromatic N) is 1.